The smallest absolute Gasteiger partial charge is 0.223 e. The number of piperidine rings is 1. The Morgan fingerprint density at radius 1 is 1.00 bits per heavy atom. The second-order valence-electron chi connectivity index (χ2n) is 8.58. The van der Waals surface area contributed by atoms with Gasteiger partial charge in [-0.25, -0.2) is 4.98 Å². The molecule has 0 atom stereocenters. The monoisotopic (exact) mass is 469 g/mol. The van der Waals surface area contributed by atoms with Crippen LogP contribution in [-0.4, -0.2) is 34.2 Å². The zero-order chi connectivity index (χ0) is 23.3. The van der Waals surface area contributed by atoms with Crippen molar-refractivity contribution in [2.45, 2.75) is 26.3 Å². The van der Waals surface area contributed by atoms with Crippen molar-refractivity contribution in [1.29, 1.82) is 0 Å². The van der Waals surface area contributed by atoms with Crippen molar-refractivity contribution >= 4 is 23.1 Å². The molecule has 1 aliphatic rings. The summed E-state index contributed by atoms with van der Waals surface area (Å²) in [4.78, 5) is 19.6. The Morgan fingerprint density at radius 2 is 1.76 bits per heavy atom. The number of thiazole rings is 1. The summed E-state index contributed by atoms with van der Waals surface area (Å²) in [6.07, 6.45) is 1.61. The highest BCUT2D eigenvalue weighted by Crippen LogP contribution is 2.26. The van der Waals surface area contributed by atoms with Crippen LogP contribution in [0.4, 0.5) is 5.82 Å². The molecule has 0 spiro atoms. The summed E-state index contributed by atoms with van der Waals surface area (Å²) in [7, 11) is 0. The topological polar surface area (TPSA) is 71.0 Å². The van der Waals surface area contributed by atoms with E-state index in [9.17, 15) is 4.79 Å². The molecule has 1 aliphatic heterocycles. The predicted molar refractivity (Wildman–Crippen MR) is 137 cm³/mol. The molecule has 0 unspecified atom stereocenters. The molecule has 1 fully saturated rings. The summed E-state index contributed by atoms with van der Waals surface area (Å²) in [5.74, 6) is 0.990. The van der Waals surface area contributed by atoms with Crippen LogP contribution in [-0.2, 0) is 11.3 Å². The predicted octanol–water partition coefficient (Wildman–Crippen LogP) is 5.11. The molecule has 5 rings (SSSR count). The average molecular weight is 470 g/mol. The lowest BCUT2D eigenvalue weighted by atomic mass is 9.96. The van der Waals surface area contributed by atoms with E-state index in [0.29, 0.717) is 6.54 Å². The summed E-state index contributed by atoms with van der Waals surface area (Å²) in [6, 6.07) is 22.4. The van der Waals surface area contributed by atoms with Crippen molar-refractivity contribution in [1.82, 2.24) is 20.5 Å². The van der Waals surface area contributed by atoms with Crippen molar-refractivity contribution in [2.75, 3.05) is 18.0 Å². The molecule has 1 amide bonds. The fourth-order valence-electron chi connectivity index (χ4n) is 4.29. The van der Waals surface area contributed by atoms with Gasteiger partial charge in [0.15, 0.2) is 5.82 Å². The summed E-state index contributed by atoms with van der Waals surface area (Å²) in [5.41, 5.74) is 5.18. The zero-order valence-corrected chi connectivity index (χ0v) is 20.0. The molecule has 2 aromatic carbocycles. The molecule has 34 heavy (non-hydrogen) atoms. The number of rotatable bonds is 6. The molecule has 6 nitrogen and oxygen atoms in total. The van der Waals surface area contributed by atoms with E-state index in [1.165, 1.54) is 5.56 Å². The SMILES string of the molecule is Cc1ccccc1-c1ccc(N2CCC(C(=O)NCc3csc(-c4ccccc4)n3)CC2)nn1. The minimum absolute atomic E-state index is 0.0164. The molecule has 172 valence electrons. The van der Waals surface area contributed by atoms with Crippen LogP contribution in [0.25, 0.3) is 21.8 Å². The van der Waals surface area contributed by atoms with Gasteiger partial charge >= 0.3 is 0 Å². The van der Waals surface area contributed by atoms with E-state index in [4.69, 9.17) is 0 Å². The number of amides is 1. The molecule has 0 aliphatic carbocycles. The Bertz CT molecular complexity index is 1250. The van der Waals surface area contributed by atoms with Crippen LogP contribution in [0.5, 0.6) is 0 Å². The van der Waals surface area contributed by atoms with Gasteiger partial charge in [-0.05, 0) is 37.5 Å². The van der Waals surface area contributed by atoms with Gasteiger partial charge in [0.1, 0.15) is 5.01 Å². The number of hydrogen-bond acceptors (Lipinski definition) is 6. The number of nitrogens with zero attached hydrogens (tertiary/aromatic N) is 4. The summed E-state index contributed by atoms with van der Waals surface area (Å²) in [6.45, 7) is 4.14. The van der Waals surface area contributed by atoms with Gasteiger partial charge in [0.05, 0.1) is 17.9 Å². The maximum atomic E-state index is 12.7. The van der Waals surface area contributed by atoms with Gasteiger partial charge in [0, 0.05) is 35.5 Å². The Hall–Kier alpha value is -3.58. The molecule has 1 saturated heterocycles. The third-order valence-corrected chi connectivity index (χ3v) is 7.22. The number of benzene rings is 2. The molecule has 3 heterocycles. The van der Waals surface area contributed by atoms with Gasteiger partial charge in [-0.1, -0.05) is 54.6 Å². The first-order chi connectivity index (χ1) is 16.7. The molecule has 0 bridgehead atoms. The minimum atomic E-state index is 0.0164. The van der Waals surface area contributed by atoms with Gasteiger partial charge < -0.3 is 10.2 Å². The quantitative estimate of drug-likeness (QED) is 0.425. The summed E-state index contributed by atoms with van der Waals surface area (Å²) >= 11 is 1.61. The van der Waals surface area contributed by atoms with Crippen molar-refractivity contribution in [3.8, 4) is 21.8 Å². The molecular formula is C27H27N5OS. The summed E-state index contributed by atoms with van der Waals surface area (Å²) in [5, 5.41) is 15.0. The average Bonchev–Trinajstić information content (AvgIpc) is 3.38. The van der Waals surface area contributed by atoms with Gasteiger partial charge in [0.25, 0.3) is 0 Å². The van der Waals surface area contributed by atoms with E-state index in [2.05, 4.69) is 56.6 Å². The van der Waals surface area contributed by atoms with E-state index in [1.807, 2.05) is 47.8 Å². The maximum absolute atomic E-state index is 12.7. The third-order valence-electron chi connectivity index (χ3n) is 6.28. The minimum Gasteiger partial charge on any atom is -0.355 e. The van der Waals surface area contributed by atoms with Crippen LogP contribution in [0.2, 0.25) is 0 Å². The van der Waals surface area contributed by atoms with Crippen LogP contribution < -0.4 is 10.2 Å². The van der Waals surface area contributed by atoms with E-state index in [1.54, 1.807) is 11.3 Å². The Balaban J connectivity index is 1.12. The first-order valence-electron chi connectivity index (χ1n) is 11.6. The van der Waals surface area contributed by atoms with Crippen LogP contribution >= 0.6 is 11.3 Å². The van der Waals surface area contributed by atoms with Gasteiger partial charge in [-0.2, -0.15) is 0 Å². The van der Waals surface area contributed by atoms with E-state index < -0.39 is 0 Å². The van der Waals surface area contributed by atoms with Gasteiger partial charge in [0.2, 0.25) is 5.91 Å². The zero-order valence-electron chi connectivity index (χ0n) is 19.1. The lowest BCUT2D eigenvalue weighted by molar-refractivity contribution is -0.125. The highest BCUT2D eigenvalue weighted by molar-refractivity contribution is 7.13. The lowest BCUT2D eigenvalue weighted by Gasteiger charge is -2.31. The van der Waals surface area contributed by atoms with Crippen LogP contribution in [0, 0.1) is 12.8 Å². The van der Waals surface area contributed by atoms with E-state index >= 15 is 0 Å². The Labute approximate surface area is 203 Å². The molecule has 0 saturated carbocycles. The van der Waals surface area contributed by atoms with Crippen LogP contribution in [0.15, 0.2) is 72.1 Å². The largest absolute Gasteiger partial charge is 0.355 e. The second kappa shape index (κ2) is 10.1. The van der Waals surface area contributed by atoms with Gasteiger partial charge in [-0.15, -0.1) is 21.5 Å². The first-order valence-corrected chi connectivity index (χ1v) is 12.5. The highest BCUT2D eigenvalue weighted by atomic mass is 32.1. The van der Waals surface area contributed by atoms with Crippen molar-refractivity contribution < 1.29 is 4.79 Å². The number of aryl methyl sites for hydroxylation is 1. The van der Waals surface area contributed by atoms with Crippen molar-refractivity contribution in [2.24, 2.45) is 5.92 Å². The normalized spacial score (nSPS) is 14.2. The number of carbonyl (C=O) groups excluding carboxylic acids is 1. The molecule has 1 N–H and O–H groups in total. The van der Waals surface area contributed by atoms with Crippen LogP contribution in [0.1, 0.15) is 24.1 Å². The number of carbonyl (C=O) groups is 1. The lowest BCUT2D eigenvalue weighted by Crippen LogP contribution is -2.40. The second-order valence-corrected chi connectivity index (χ2v) is 9.44. The number of hydrogen-bond donors (Lipinski definition) is 1. The molecular weight excluding hydrogens is 442 g/mol. The van der Waals surface area contributed by atoms with Crippen molar-refractivity contribution in [3.05, 3.63) is 83.4 Å². The van der Waals surface area contributed by atoms with E-state index in [0.717, 1.165) is 59.3 Å². The maximum Gasteiger partial charge on any atom is 0.223 e. The fraction of sp³-hybridized carbons (Fsp3) is 0.259. The van der Waals surface area contributed by atoms with E-state index in [-0.39, 0.29) is 11.8 Å². The molecule has 0 radical (unpaired) electrons. The third kappa shape index (κ3) is 4.99. The highest BCUT2D eigenvalue weighted by Gasteiger charge is 2.26. The van der Waals surface area contributed by atoms with Crippen molar-refractivity contribution in [3.63, 3.8) is 0 Å². The molecule has 4 aromatic rings. The molecule has 7 heteroatoms. The fourth-order valence-corrected chi connectivity index (χ4v) is 5.12. The number of anilines is 1. The molecule has 2 aromatic heterocycles. The number of nitrogens with one attached hydrogen (secondary N) is 1. The Morgan fingerprint density at radius 3 is 2.50 bits per heavy atom. The van der Waals surface area contributed by atoms with Gasteiger partial charge in [-0.3, -0.25) is 4.79 Å². The first kappa shape index (κ1) is 22.2. The van der Waals surface area contributed by atoms with Crippen LogP contribution in [0.3, 0.4) is 0 Å². The Kier molecular flexibility index (Phi) is 6.62. The standard InChI is InChI=1S/C27H27N5OS/c1-19-7-5-6-10-23(19)24-11-12-25(31-30-24)32-15-13-20(14-16-32)26(33)28-17-22-18-34-27(29-22)21-8-3-2-4-9-21/h2-12,18,20H,13-17H2,1H3,(H,28,33). The summed E-state index contributed by atoms with van der Waals surface area (Å²) < 4.78 is 0. The number of aromatic nitrogens is 3.